The van der Waals surface area contributed by atoms with Crippen molar-refractivity contribution in [2.45, 2.75) is 45.4 Å². The van der Waals surface area contributed by atoms with Gasteiger partial charge in [-0.05, 0) is 13.3 Å². The van der Waals surface area contributed by atoms with Crippen molar-refractivity contribution in [2.75, 3.05) is 26.3 Å². The Morgan fingerprint density at radius 2 is 2.33 bits per heavy atom. The molecule has 1 aliphatic carbocycles. The summed E-state index contributed by atoms with van der Waals surface area (Å²) in [5, 5.41) is 6.25. The fraction of sp³-hybridized carbons (Fsp3) is 0.923. The standard InChI is InChI=1S/C13H24N2O3/c1-4-17-11-7-10(13(11,2)3)15-12(16)9-8-14-5-6-18-9/h9-11,14H,4-8H2,1-3H3,(H,15,16). The fourth-order valence-corrected chi connectivity index (χ4v) is 2.61. The molecule has 1 aliphatic heterocycles. The van der Waals surface area contributed by atoms with Crippen molar-refractivity contribution in [3.63, 3.8) is 0 Å². The Labute approximate surface area is 109 Å². The summed E-state index contributed by atoms with van der Waals surface area (Å²) in [4.78, 5) is 12.0. The summed E-state index contributed by atoms with van der Waals surface area (Å²) in [5.74, 6) is -0.00442. The van der Waals surface area contributed by atoms with Crippen LogP contribution in [0.25, 0.3) is 0 Å². The lowest BCUT2D eigenvalue weighted by molar-refractivity contribution is -0.146. The van der Waals surface area contributed by atoms with E-state index >= 15 is 0 Å². The molecule has 18 heavy (non-hydrogen) atoms. The third-order valence-electron chi connectivity index (χ3n) is 4.08. The molecule has 0 bridgehead atoms. The van der Waals surface area contributed by atoms with Crippen LogP contribution in [0.15, 0.2) is 0 Å². The zero-order valence-electron chi connectivity index (χ0n) is 11.5. The third kappa shape index (κ3) is 2.68. The zero-order valence-corrected chi connectivity index (χ0v) is 11.5. The van der Waals surface area contributed by atoms with Gasteiger partial charge in [0.05, 0.1) is 12.7 Å². The second kappa shape index (κ2) is 5.55. The number of rotatable bonds is 4. The number of nitrogens with one attached hydrogen (secondary N) is 2. The molecule has 0 spiro atoms. The minimum Gasteiger partial charge on any atom is -0.378 e. The Morgan fingerprint density at radius 3 is 2.89 bits per heavy atom. The summed E-state index contributed by atoms with van der Waals surface area (Å²) in [6, 6.07) is 0.187. The van der Waals surface area contributed by atoms with Gasteiger partial charge in [-0.2, -0.15) is 0 Å². The maximum atomic E-state index is 12.0. The lowest BCUT2D eigenvalue weighted by atomic mass is 9.64. The molecule has 3 atom stereocenters. The average molecular weight is 256 g/mol. The maximum Gasteiger partial charge on any atom is 0.250 e. The summed E-state index contributed by atoms with van der Waals surface area (Å²) in [6.45, 7) is 9.05. The summed E-state index contributed by atoms with van der Waals surface area (Å²) in [5.41, 5.74) is 0.00770. The Kier molecular flexibility index (Phi) is 4.25. The van der Waals surface area contributed by atoms with Gasteiger partial charge in [-0.15, -0.1) is 0 Å². The molecule has 5 nitrogen and oxygen atoms in total. The van der Waals surface area contributed by atoms with Gasteiger partial charge in [0, 0.05) is 31.2 Å². The lowest BCUT2D eigenvalue weighted by Gasteiger charge is -2.51. The molecule has 2 rings (SSSR count). The number of carbonyl (C=O) groups is 1. The van der Waals surface area contributed by atoms with E-state index in [1.807, 2.05) is 6.92 Å². The number of hydrogen-bond acceptors (Lipinski definition) is 4. The monoisotopic (exact) mass is 256 g/mol. The van der Waals surface area contributed by atoms with Crippen molar-refractivity contribution < 1.29 is 14.3 Å². The number of amides is 1. The van der Waals surface area contributed by atoms with E-state index in [0.29, 0.717) is 13.2 Å². The number of hydrogen-bond donors (Lipinski definition) is 2. The maximum absolute atomic E-state index is 12.0. The smallest absolute Gasteiger partial charge is 0.250 e. The predicted octanol–water partition coefficient (Wildman–Crippen LogP) is 0.295. The van der Waals surface area contributed by atoms with Crippen molar-refractivity contribution in [3.05, 3.63) is 0 Å². The fourth-order valence-electron chi connectivity index (χ4n) is 2.61. The molecule has 1 saturated carbocycles. The van der Waals surface area contributed by atoms with Crippen molar-refractivity contribution >= 4 is 5.91 Å². The van der Waals surface area contributed by atoms with Crippen molar-refractivity contribution in [1.82, 2.24) is 10.6 Å². The zero-order chi connectivity index (χ0) is 13.2. The van der Waals surface area contributed by atoms with Gasteiger partial charge < -0.3 is 20.1 Å². The molecule has 2 aliphatic rings. The van der Waals surface area contributed by atoms with Gasteiger partial charge >= 0.3 is 0 Å². The first-order valence-electron chi connectivity index (χ1n) is 6.80. The highest BCUT2D eigenvalue weighted by atomic mass is 16.5. The molecule has 2 N–H and O–H groups in total. The normalized spacial score (nSPS) is 34.7. The average Bonchev–Trinajstić information content (AvgIpc) is 2.38. The highest BCUT2D eigenvalue weighted by molar-refractivity contribution is 5.81. The molecule has 1 heterocycles. The molecule has 0 aromatic heterocycles. The number of carbonyl (C=O) groups excluding carboxylic acids is 1. The van der Waals surface area contributed by atoms with Crippen LogP contribution in [0.5, 0.6) is 0 Å². The van der Waals surface area contributed by atoms with Crippen molar-refractivity contribution in [3.8, 4) is 0 Å². The molecule has 0 aromatic carbocycles. The molecule has 1 saturated heterocycles. The largest absolute Gasteiger partial charge is 0.378 e. The summed E-state index contributed by atoms with van der Waals surface area (Å²) in [7, 11) is 0. The third-order valence-corrected chi connectivity index (χ3v) is 4.08. The Morgan fingerprint density at radius 1 is 1.56 bits per heavy atom. The molecular weight excluding hydrogens is 232 g/mol. The van der Waals surface area contributed by atoms with Crippen LogP contribution in [0.4, 0.5) is 0 Å². The van der Waals surface area contributed by atoms with Gasteiger partial charge in [0.15, 0.2) is 0 Å². The van der Waals surface area contributed by atoms with E-state index in [2.05, 4.69) is 24.5 Å². The second-order valence-electron chi connectivity index (χ2n) is 5.63. The molecule has 0 aromatic rings. The van der Waals surface area contributed by atoms with Crippen LogP contribution in [-0.4, -0.2) is 50.5 Å². The molecular formula is C13H24N2O3. The Hall–Kier alpha value is -0.650. The van der Waals surface area contributed by atoms with Crippen LogP contribution in [-0.2, 0) is 14.3 Å². The first-order valence-corrected chi connectivity index (χ1v) is 6.80. The van der Waals surface area contributed by atoms with E-state index in [9.17, 15) is 4.79 Å². The van der Waals surface area contributed by atoms with Crippen LogP contribution < -0.4 is 10.6 Å². The van der Waals surface area contributed by atoms with E-state index in [4.69, 9.17) is 9.47 Å². The second-order valence-corrected chi connectivity index (χ2v) is 5.63. The van der Waals surface area contributed by atoms with Gasteiger partial charge in [-0.3, -0.25) is 4.79 Å². The van der Waals surface area contributed by atoms with Crippen molar-refractivity contribution in [2.24, 2.45) is 5.41 Å². The predicted molar refractivity (Wildman–Crippen MR) is 68.4 cm³/mol. The first-order chi connectivity index (χ1) is 8.55. The summed E-state index contributed by atoms with van der Waals surface area (Å²) >= 11 is 0. The topological polar surface area (TPSA) is 59.6 Å². The van der Waals surface area contributed by atoms with Crippen LogP contribution >= 0.6 is 0 Å². The van der Waals surface area contributed by atoms with Gasteiger partial charge in [-0.25, -0.2) is 0 Å². The SMILES string of the molecule is CCOC1CC(NC(=O)C2CNCCO2)C1(C)C. The van der Waals surface area contributed by atoms with Crippen LogP contribution in [0.3, 0.4) is 0 Å². The van der Waals surface area contributed by atoms with Crippen LogP contribution in [0.1, 0.15) is 27.2 Å². The molecule has 5 heteroatoms. The highest BCUT2D eigenvalue weighted by Gasteiger charge is 2.49. The van der Waals surface area contributed by atoms with E-state index in [1.165, 1.54) is 0 Å². The summed E-state index contributed by atoms with van der Waals surface area (Å²) in [6.07, 6.45) is 0.797. The van der Waals surface area contributed by atoms with Gasteiger partial charge in [0.1, 0.15) is 6.10 Å². The van der Waals surface area contributed by atoms with E-state index < -0.39 is 0 Å². The first kappa shape index (κ1) is 13.8. The highest BCUT2D eigenvalue weighted by Crippen LogP contribution is 2.42. The molecule has 1 amide bonds. The molecule has 0 radical (unpaired) electrons. The van der Waals surface area contributed by atoms with Crippen molar-refractivity contribution in [1.29, 1.82) is 0 Å². The Balaban J connectivity index is 1.81. The molecule has 3 unspecified atom stereocenters. The van der Waals surface area contributed by atoms with Crippen LogP contribution in [0, 0.1) is 5.41 Å². The van der Waals surface area contributed by atoms with E-state index in [-0.39, 0.29) is 29.6 Å². The van der Waals surface area contributed by atoms with E-state index in [0.717, 1.165) is 19.6 Å². The van der Waals surface area contributed by atoms with Gasteiger partial charge in [0.2, 0.25) is 0 Å². The minimum absolute atomic E-state index is 0.00442. The summed E-state index contributed by atoms with van der Waals surface area (Å²) < 4.78 is 11.1. The molecule has 2 fully saturated rings. The molecule has 104 valence electrons. The van der Waals surface area contributed by atoms with Crippen LogP contribution in [0.2, 0.25) is 0 Å². The number of morpholine rings is 1. The van der Waals surface area contributed by atoms with Gasteiger partial charge in [0.25, 0.3) is 5.91 Å². The number of ether oxygens (including phenoxy) is 2. The minimum atomic E-state index is -0.347. The van der Waals surface area contributed by atoms with Gasteiger partial charge in [-0.1, -0.05) is 13.8 Å². The quantitative estimate of drug-likeness (QED) is 0.759. The van der Waals surface area contributed by atoms with E-state index in [1.54, 1.807) is 0 Å². The lowest BCUT2D eigenvalue weighted by Crippen LogP contribution is -2.64. The Bertz CT molecular complexity index is 301.